The third kappa shape index (κ3) is 4.16. The number of nitrogens with zero attached hydrogens (tertiary/aromatic N) is 4. The van der Waals surface area contributed by atoms with E-state index in [9.17, 15) is 0 Å². The molecule has 1 aliphatic rings. The van der Waals surface area contributed by atoms with Crippen molar-refractivity contribution >= 4 is 17.2 Å². The zero-order chi connectivity index (χ0) is 21.3. The Balaban J connectivity index is 1.66. The number of aryl methyl sites for hydroxylation is 1. The van der Waals surface area contributed by atoms with Crippen molar-refractivity contribution in [3.8, 4) is 11.1 Å². The summed E-state index contributed by atoms with van der Waals surface area (Å²) in [7, 11) is 0. The predicted molar refractivity (Wildman–Crippen MR) is 119 cm³/mol. The average molecular weight is 403 g/mol. The second-order valence-electron chi connectivity index (χ2n) is 7.85. The molecule has 154 valence electrons. The van der Waals surface area contributed by atoms with Gasteiger partial charge < -0.3 is 15.4 Å². The molecule has 1 aromatic carbocycles. The number of nitrogen functional groups attached to an aromatic ring is 1. The molecule has 0 saturated carbocycles. The van der Waals surface area contributed by atoms with Gasteiger partial charge in [0.05, 0.1) is 23.6 Å². The van der Waals surface area contributed by atoms with E-state index in [1.807, 2.05) is 43.6 Å². The molecule has 30 heavy (non-hydrogen) atoms. The van der Waals surface area contributed by atoms with Crippen molar-refractivity contribution < 1.29 is 4.74 Å². The highest BCUT2D eigenvalue weighted by molar-refractivity contribution is 6.13. The highest BCUT2D eigenvalue weighted by Gasteiger charge is 2.24. The number of anilines is 2. The fourth-order valence-electron chi connectivity index (χ4n) is 3.82. The summed E-state index contributed by atoms with van der Waals surface area (Å²) in [5.74, 6) is 0.796. The molecule has 4 rings (SSSR count). The van der Waals surface area contributed by atoms with E-state index in [4.69, 9.17) is 15.9 Å². The van der Waals surface area contributed by atoms with Crippen LogP contribution in [-0.4, -0.2) is 46.0 Å². The van der Waals surface area contributed by atoms with Crippen molar-refractivity contribution in [2.75, 3.05) is 23.7 Å². The van der Waals surface area contributed by atoms with Crippen LogP contribution in [0.2, 0.25) is 0 Å². The van der Waals surface area contributed by atoms with Gasteiger partial charge in [0.1, 0.15) is 12.1 Å². The van der Waals surface area contributed by atoms with E-state index in [0.29, 0.717) is 16.9 Å². The van der Waals surface area contributed by atoms with Crippen LogP contribution in [0.3, 0.4) is 0 Å². The molecule has 0 aliphatic carbocycles. The van der Waals surface area contributed by atoms with E-state index in [-0.39, 0.29) is 17.9 Å². The zero-order valence-electron chi connectivity index (χ0n) is 17.5. The molecule has 7 heteroatoms. The average Bonchev–Trinajstić information content (AvgIpc) is 2.73. The largest absolute Gasteiger partial charge is 0.398 e. The van der Waals surface area contributed by atoms with Crippen LogP contribution < -0.4 is 10.6 Å². The lowest BCUT2D eigenvalue weighted by Crippen LogP contribution is -2.45. The van der Waals surface area contributed by atoms with E-state index in [2.05, 4.69) is 39.8 Å². The maximum absolute atomic E-state index is 8.77. The zero-order valence-corrected chi connectivity index (χ0v) is 17.5. The maximum atomic E-state index is 8.77. The van der Waals surface area contributed by atoms with Crippen LogP contribution in [-0.2, 0) is 4.74 Å². The lowest BCUT2D eigenvalue weighted by molar-refractivity contribution is -0.00546. The second kappa shape index (κ2) is 8.20. The third-order valence-corrected chi connectivity index (χ3v) is 5.18. The van der Waals surface area contributed by atoms with Crippen LogP contribution in [0.15, 0.2) is 49.1 Å². The van der Waals surface area contributed by atoms with Crippen LogP contribution in [0.4, 0.5) is 11.5 Å². The summed E-state index contributed by atoms with van der Waals surface area (Å²) < 4.78 is 5.82. The lowest BCUT2D eigenvalue weighted by atomic mass is 9.98. The fraction of sp³-hybridized carbons (Fsp3) is 0.304. The first-order chi connectivity index (χ1) is 14.4. The number of nitrogens with two attached hydrogens (primary N) is 1. The molecule has 2 unspecified atom stereocenters. The minimum atomic E-state index is 0.127. The van der Waals surface area contributed by atoms with Crippen molar-refractivity contribution in [1.82, 2.24) is 15.0 Å². The topological polar surface area (TPSA) is 101 Å². The molecule has 3 N–H and O–H groups in total. The number of ether oxygens (including phenoxy) is 1. The number of hydrogen-bond acceptors (Lipinski definition) is 7. The minimum Gasteiger partial charge on any atom is -0.398 e. The molecule has 0 bridgehead atoms. The molecular formula is C23H26N6O. The summed E-state index contributed by atoms with van der Waals surface area (Å²) in [6.45, 7) is 7.63. The first-order valence-electron chi connectivity index (χ1n) is 10.0. The van der Waals surface area contributed by atoms with Crippen molar-refractivity contribution in [2.24, 2.45) is 0 Å². The molecule has 7 nitrogen and oxygen atoms in total. The van der Waals surface area contributed by atoms with Crippen molar-refractivity contribution in [3.63, 3.8) is 0 Å². The van der Waals surface area contributed by atoms with Crippen molar-refractivity contribution in [2.45, 2.75) is 33.0 Å². The predicted octanol–water partition coefficient (Wildman–Crippen LogP) is 3.46. The van der Waals surface area contributed by atoms with Crippen LogP contribution in [0.5, 0.6) is 0 Å². The molecule has 2 aromatic heterocycles. The Morgan fingerprint density at radius 1 is 1.07 bits per heavy atom. The number of pyridine rings is 1. The Labute approximate surface area is 176 Å². The molecule has 1 fully saturated rings. The van der Waals surface area contributed by atoms with Crippen molar-refractivity contribution in [1.29, 1.82) is 5.41 Å². The Morgan fingerprint density at radius 3 is 2.57 bits per heavy atom. The van der Waals surface area contributed by atoms with Gasteiger partial charge in [-0.3, -0.25) is 10.4 Å². The number of benzene rings is 1. The van der Waals surface area contributed by atoms with Crippen LogP contribution >= 0.6 is 0 Å². The normalized spacial score (nSPS) is 19.0. The molecule has 0 radical (unpaired) electrons. The van der Waals surface area contributed by atoms with Gasteiger partial charge in [-0.05, 0) is 50.1 Å². The molecule has 0 spiro atoms. The highest BCUT2D eigenvalue weighted by Crippen LogP contribution is 2.26. The van der Waals surface area contributed by atoms with Gasteiger partial charge in [0.25, 0.3) is 0 Å². The van der Waals surface area contributed by atoms with Gasteiger partial charge >= 0.3 is 0 Å². The van der Waals surface area contributed by atoms with Gasteiger partial charge in [-0.1, -0.05) is 6.07 Å². The fourth-order valence-corrected chi connectivity index (χ4v) is 3.82. The molecule has 0 amide bonds. The number of hydrogen-bond donors (Lipinski definition) is 2. The molecule has 3 heterocycles. The number of morpholine rings is 1. The Hall–Kier alpha value is -3.32. The summed E-state index contributed by atoms with van der Waals surface area (Å²) >= 11 is 0. The molecular weight excluding hydrogens is 376 g/mol. The maximum Gasteiger partial charge on any atom is 0.132 e. The summed E-state index contributed by atoms with van der Waals surface area (Å²) in [5, 5.41) is 8.77. The van der Waals surface area contributed by atoms with E-state index >= 15 is 0 Å². The third-order valence-electron chi connectivity index (χ3n) is 5.18. The van der Waals surface area contributed by atoms with Gasteiger partial charge in [0, 0.05) is 48.4 Å². The second-order valence-corrected chi connectivity index (χ2v) is 7.85. The quantitative estimate of drug-likeness (QED) is 0.512. The standard InChI is InChI=1S/C23H26N6O/c1-14-6-18(10-26-9-14)17-4-5-20(24)19(7-17)23(25)21-8-22(28-13-27-21)29-11-15(2)30-16(3)12-29/h4-10,13,15-16,25H,11-12,24H2,1-3H3. The van der Waals surface area contributed by atoms with E-state index in [1.165, 1.54) is 6.33 Å². The molecule has 1 aliphatic heterocycles. The summed E-state index contributed by atoms with van der Waals surface area (Å²) in [5.41, 5.74) is 11.3. The van der Waals surface area contributed by atoms with Gasteiger partial charge in [-0.2, -0.15) is 0 Å². The molecule has 3 aromatic rings. The SMILES string of the molecule is Cc1cncc(-c2ccc(N)c(C(=N)c3cc(N4CC(C)OC(C)C4)ncn3)c2)c1. The Bertz CT molecular complexity index is 1070. The van der Waals surface area contributed by atoms with E-state index in [0.717, 1.165) is 35.6 Å². The van der Waals surface area contributed by atoms with Gasteiger partial charge in [0.2, 0.25) is 0 Å². The van der Waals surface area contributed by atoms with Crippen LogP contribution in [0.25, 0.3) is 11.1 Å². The minimum absolute atomic E-state index is 0.127. The van der Waals surface area contributed by atoms with Gasteiger partial charge in [-0.15, -0.1) is 0 Å². The van der Waals surface area contributed by atoms with Gasteiger partial charge in [-0.25, -0.2) is 9.97 Å². The smallest absolute Gasteiger partial charge is 0.132 e. The molecule has 1 saturated heterocycles. The summed E-state index contributed by atoms with van der Waals surface area (Å²) in [4.78, 5) is 15.2. The van der Waals surface area contributed by atoms with Crippen molar-refractivity contribution in [3.05, 3.63) is 65.9 Å². The number of aromatic nitrogens is 3. The summed E-state index contributed by atoms with van der Waals surface area (Å²) in [6.07, 6.45) is 5.40. The summed E-state index contributed by atoms with van der Waals surface area (Å²) in [6, 6.07) is 9.62. The number of nitrogens with one attached hydrogen (secondary N) is 1. The van der Waals surface area contributed by atoms with E-state index in [1.54, 1.807) is 0 Å². The molecule has 2 atom stereocenters. The van der Waals surface area contributed by atoms with Crippen LogP contribution in [0.1, 0.15) is 30.7 Å². The lowest BCUT2D eigenvalue weighted by Gasteiger charge is -2.36. The van der Waals surface area contributed by atoms with Crippen LogP contribution in [0, 0.1) is 12.3 Å². The first-order valence-corrected chi connectivity index (χ1v) is 10.0. The first kappa shape index (κ1) is 20.0. The Morgan fingerprint density at radius 2 is 1.83 bits per heavy atom. The monoisotopic (exact) mass is 402 g/mol. The van der Waals surface area contributed by atoms with E-state index < -0.39 is 0 Å². The Kier molecular flexibility index (Phi) is 5.46. The highest BCUT2D eigenvalue weighted by atomic mass is 16.5. The van der Waals surface area contributed by atoms with Gasteiger partial charge in [0.15, 0.2) is 0 Å². The number of rotatable bonds is 4.